The van der Waals surface area contributed by atoms with Crippen LogP contribution in [-0.4, -0.2) is 16.8 Å². The Hall–Kier alpha value is -2.76. The highest BCUT2D eigenvalue weighted by Gasteiger charge is 2.53. The molecular formula is C29H37NO5. The first-order valence-electron chi connectivity index (χ1n) is 13.1. The number of alkyl carbamates (subject to hydrolysis) is 1. The Morgan fingerprint density at radius 3 is 2.14 bits per heavy atom. The number of aromatic hydroxyl groups is 1. The average molecular weight is 480 g/mol. The number of rotatable bonds is 9. The van der Waals surface area contributed by atoms with E-state index < -0.39 is 22.9 Å². The molecule has 0 spiro atoms. The normalized spacial score (nSPS) is 19.9. The Labute approximate surface area is 207 Å². The van der Waals surface area contributed by atoms with Crippen molar-refractivity contribution >= 4 is 6.09 Å². The van der Waals surface area contributed by atoms with Gasteiger partial charge in [0.05, 0.1) is 0 Å². The highest BCUT2D eigenvalue weighted by atomic mass is 16.6. The lowest BCUT2D eigenvalue weighted by atomic mass is 9.78. The minimum atomic E-state index is -1.23. The summed E-state index contributed by atoms with van der Waals surface area (Å²) in [5, 5.41) is 14.4. The fourth-order valence-corrected chi connectivity index (χ4v) is 5.41. The van der Waals surface area contributed by atoms with Crippen LogP contribution in [0.15, 0.2) is 45.6 Å². The van der Waals surface area contributed by atoms with Crippen molar-refractivity contribution in [3.63, 3.8) is 0 Å². The van der Waals surface area contributed by atoms with Crippen molar-refractivity contribution in [1.29, 1.82) is 0 Å². The number of hydrogen-bond acceptors (Lipinski definition) is 5. The van der Waals surface area contributed by atoms with Gasteiger partial charge in [-0.15, -0.1) is 0 Å². The standard InChI is InChI=1S/C29H37NO5/c1-28(2,3)35-27(33)30-29(22-13-14-22,21-7-5-4-6-8-21)25-23(31)17-24(34-26(25)32)20(15-18-9-10-18)16-19-11-12-19/h4-8,17-20,22,31H,9-16H2,1-3H3,(H,30,33). The van der Waals surface area contributed by atoms with E-state index in [-0.39, 0.29) is 23.1 Å². The maximum absolute atomic E-state index is 13.7. The molecule has 1 aromatic heterocycles. The number of carbonyl (C=O) groups is 1. The van der Waals surface area contributed by atoms with E-state index >= 15 is 0 Å². The Bertz CT molecular complexity index is 1110. The molecule has 0 radical (unpaired) electrons. The van der Waals surface area contributed by atoms with Gasteiger partial charge < -0.3 is 19.6 Å². The minimum absolute atomic E-state index is 0.0502. The molecule has 1 aromatic carbocycles. The van der Waals surface area contributed by atoms with E-state index in [4.69, 9.17) is 9.15 Å². The minimum Gasteiger partial charge on any atom is -0.507 e. The summed E-state index contributed by atoms with van der Waals surface area (Å²) in [7, 11) is 0. The van der Waals surface area contributed by atoms with E-state index in [2.05, 4.69) is 5.32 Å². The van der Waals surface area contributed by atoms with E-state index in [1.165, 1.54) is 25.7 Å². The Kier molecular flexibility index (Phi) is 6.18. The number of amides is 1. The lowest BCUT2D eigenvalue weighted by molar-refractivity contribution is 0.0456. The fraction of sp³-hybridized carbons (Fsp3) is 0.586. The molecule has 2 N–H and O–H groups in total. The zero-order valence-corrected chi connectivity index (χ0v) is 21.0. The topological polar surface area (TPSA) is 88.8 Å². The van der Waals surface area contributed by atoms with Crippen molar-refractivity contribution in [2.24, 2.45) is 17.8 Å². The molecule has 188 valence electrons. The van der Waals surface area contributed by atoms with Crippen LogP contribution in [0, 0.1) is 17.8 Å². The summed E-state index contributed by atoms with van der Waals surface area (Å²) in [5.41, 5.74) is -1.68. The lowest BCUT2D eigenvalue weighted by Gasteiger charge is -2.36. The summed E-state index contributed by atoms with van der Waals surface area (Å²) in [6, 6.07) is 11.0. The second-order valence-electron chi connectivity index (χ2n) is 11.8. The molecule has 0 saturated heterocycles. The predicted molar refractivity (Wildman–Crippen MR) is 133 cm³/mol. The fourth-order valence-electron chi connectivity index (χ4n) is 5.41. The van der Waals surface area contributed by atoms with Crippen LogP contribution in [0.4, 0.5) is 4.79 Å². The molecular weight excluding hydrogens is 442 g/mol. The van der Waals surface area contributed by atoms with Gasteiger partial charge in [-0.3, -0.25) is 0 Å². The largest absolute Gasteiger partial charge is 0.507 e. The maximum Gasteiger partial charge on any atom is 0.408 e. The molecule has 0 aliphatic heterocycles. The first kappa shape index (κ1) is 24.0. The highest BCUT2D eigenvalue weighted by Crippen LogP contribution is 2.52. The molecule has 5 rings (SSSR count). The third-order valence-corrected chi connectivity index (χ3v) is 7.49. The summed E-state index contributed by atoms with van der Waals surface area (Å²) in [6.07, 6.45) is 7.93. The van der Waals surface area contributed by atoms with Crippen LogP contribution in [0.5, 0.6) is 5.75 Å². The van der Waals surface area contributed by atoms with Crippen LogP contribution < -0.4 is 10.9 Å². The zero-order chi connectivity index (χ0) is 24.8. The summed E-state index contributed by atoms with van der Waals surface area (Å²) in [5.74, 6) is 1.94. The number of nitrogens with one attached hydrogen (secondary N) is 1. The number of ether oxygens (including phenoxy) is 1. The molecule has 3 aliphatic carbocycles. The van der Waals surface area contributed by atoms with E-state index in [1.54, 1.807) is 26.8 Å². The summed E-state index contributed by atoms with van der Waals surface area (Å²) < 4.78 is 11.6. The van der Waals surface area contributed by atoms with Gasteiger partial charge in [0, 0.05) is 12.0 Å². The quantitative estimate of drug-likeness (QED) is 0.446. The summed E-state index contributed by atoms with van der Waals surface area (Å²) in [6.45, 7) is 5.40. The van der Waals surface area contributed by atoms with Crippen molar-refractivity contribution in [1.82, 2.24) is 5.32 Å². The Morgan fingerprint density at radius 2 is 1.66 bits per heavy atom. The molecule has 6 nitrogen and oxygen atoms in total. The van der Waals surface area contributed by atoms with Crippen molar-refractivity contribution in [2.45, 2.75) is 89.2 Å². The second-order valence-corrected chi connectivity index (χ2v) is 11.8. The summed E-state index contributed by atoms with van der Waals surface area (Å²) in [4.78, 5) is 26.7. The molecule has 3 fully saturated rings. The lowest BCUT2D eigenvalue weighted by Crippen LogP contribution is -2.52. The zero-order valence-electron chi connectivity index (χ0n) is 21.0. The van der Waals surface area contributed by atoms with Crippen LogP contribution in [-0.2, 0) is 10.3 Å². The van der Waals surface area contributed by atoms with E-state index in [9.17, 15) is 14.7 Å². The van der Waals surface area contributed by atoms with Crippen LogP contribution in [0.3, 0.4) is 0 Å². The van der Waals surface area contributed by atoms with Crippen LogP contribution >= 0.6 is 0 Å². The Morgan fingerprint density at radius 1 is 1.06 bits per heavy atom. The van der Waals surface area contributed by atoms with Crippen LogP contribution in [0.1, 0.15) is 94.9 Å². The molecule has 1 atom stereocenters. The van der Waals surface area contributed by atoms with Crippen LogP contribution in [0.2, 0.25) is 0 Å². The van der Waals surface area contributed by atoms with Gasteiger partial charge >= 0.3 is 11.7 Å². The number of carbonyl (C=O) groups excluding carboxylic acids is 1. The third-order valence-electron chi connectivity index (χ3n) is 7.49. The SMILES string of the molecule is CC(C)(C)OC(=O)NC(c1ccccc1)(c1c(O)cc(C(CC2CC2)CC2CC2)oc1=O)C1CC1. The van der Waals surface area contributed by atoms with Gasteiger partial charge in [0.15, 0.2) is 0 Å². The van der Waals surface area contributed by atoms with E-state index in [1.807, 2.05) is 30.3 Å². The van der Waals surface area contributed by atoms with Crippen molar-refractivity contribution in [2.75, 3.05) is 0 Å². The van der Waals surface area contributed by atoms with E-state index in [0.717, 1.165) is 31.2 Å². The first-order chi connectivity index (χ1) is 16.7. The van der Waals surface area contributed by atoms with Gasteiger partial charge in [0.25, 0.3) is 0 Å². The molecule has 1 amide bonds. The van der Waals surface area contributed by atoms with Gasteiger partial charge in [-0.05, 0) is 69.8 Å². The summed E-state index contributed by atoms with van der Waals surface area (Å²) >= 11 is 0. The maximum atomic E-state index is 13.7. The highest BCUT2D eigenvalue weighted by molar-refractivity contribution is 5.71. The smallest absolute Gasteiger partial charge is 0.408 e. The van der Waals surface area contributed by atoms with E-state index in [0.29, 0.717) is 17.6 Å². The van der Waals surface area contributed by atoms with Crippen molar-refractivity contribution < 1.29 is 19.1 Å². The van der Waals surface area contributed by atoms with Crippen molar-refractivity contribution in [3.8, 4) is 5.75 Å². The van der Waals surface area contributed by atoms with Gasteiger partial charge in [-0.1, -0.05) is 56.0 Å². The first-order valence-corrected chi connectivity index (χ1v) is 13.1. The van der Waals surface area contributed by atoms with Crippen LogP contribution in [0.25, 0.3) is 0 Å². The third kappa shape index (κ3) is 5.41. The molecule has 1 heterocycles. The molecule has 2 aromatic rings. The average Bonchev–Trinajstić information content (AvgIpc) is 3.63. The van der Waals surface area contributed by atoms with Gasteiger partial charge in [0.2, 0.25) is 0 Å². The van der Waals surface area contributed by atoms with Gasteiger partial charge in [-0.2, -0.15) is 0 Å². The molecule has 3 aliphatic rings. The molecule has 35 heavy (non-hydrogen) atoms. The second kappa shape index (κ2) is 9.03. The Balaban J connectivity index is 1.58. The van der Waals surface area contributed by atoms with Gasteiger partial charge in [0.1, 0.15) is 28.2 Å². The molecule has 3 saturated carbocycles. The predicted octanol–water partition coefficient (Wildman–Crippen LogP) is 6.21. The molecule has 6 heteroatoms. The van der Waals surface area contributed by atoms with Crippen molar-refractivity contribution in [3.05, 3.63) is 63.7 Å². The number of benzene rings is 1. The molecule has 1 unspecified atom stereocenters. The number of hydrogen-bond donors (Lipinski definition) is 2. The molecule has 0 bridgehead atoms. The van der Waals surface area contributed by atoms with Gasteiger partial charge in [-0.25, -0.2) is 9.59 Å². The monoisotopic (exact) mass is 479 g/mol.